The Morgan fingerprint density at radius 2 is 2.13 bits per heavy atom. The Morgan fingerprint density at radius 1 is 1.33 bits per heavy atom. The molecule has 156 valence electrons. The molecule has 3 heterocycles. The minimum absolute atomic E-state index is 0.0795. The molecule has 2 aliphatic rings. The zero-order valence-electron chi connectivity index (χ0n) is 16.7. The number of aryl methyl sites for hydroxylation is 1. The summed E-state index contributed by atoms with van der Waals surface area (Å²) in [5.41, 5.74) is 0.621. The SMILES string of the molecule is [B]COP1OCc2cccc(OC)c2O1.[B][C@@H]1CCC(n2cc(C)c(=O)[nH]c2=O)O1. The number of aromatic amines is 1. The summed E-state index contributed by atoms with van der Waals surface area (Å²) < 4.78 is 27.8. The van der Waals surface area contributed by atoms with Gasteiger partial charge in [0.15, 0.2) is 11.5 Å². The van der Waals surface area contributed by atoms with Crippen molar-refractivity contribution < 1.29 is 23.0 Å². The fraction of sp³-hybridized carbons (Fsp3) is 0.444. The van der Waals surface area contributed by atoms with E-state index in [1.165, 1.54) is 10.8 Å². The maximum Gasteiger partial charge on any atom is 0.396 e. The molecule has 0 bridgehead atoms. The summed E-state index contributed by atoms with van der Waals surface area (Å²) in [5.74, 6) is 1.37. The zero-order chi connectivity index (χ0) is 21.7. The van der Waals surface area contributed by atoms with Gasteiger partial charge >= 0.3 is 14.3 Å². The van der Waals surface area contributed by atoms with Crippen LogP contribution in [0.5, 0.6) is 11.5 Å². The molecule has 2 aliphatic heterocycles. The third kappa shape index (κ3) is 5.35. The number of methoxy groups -OCH3 is 1. The number of aromatic nitrogens is 2. The van der Waals surface area contributed by atoms with Gasteiger partial charge in [0.1, 0.15) is 21.9 Å². The van der Waals surface area contributed by atoms with Crippen LogP contribution in [0, 0.1) is 6.92 Å². The topological polar surface area (TPSA) is 101 Å². The molecule has 0 saturated carbocycles. The van der Waals surface area contributed by atoms with Crippen molar-refractivity contribution in [3.63, 3.8) is 0 Å². The minimum Gasteiger partial charge on any atom is -0.493 e. The van der Waals surface area contributed by atoms with E-state index in [9.17, 15) is 9.59 Å². The van der Waals surface area contributed by atoms with E-state index < -0.39 is 14.3 Å². The van der Waals surface area contributed by atoms with E-state index in [-0.39, 0.29) is 24.3 Å². The second kappa shape index (κ2) is 10.3. The van der Waals surface area contributed by atoms with Gasteiger partial charge in [0.05, 0.1) is 13.7 Å². The Kier molecular flexibility index (Phi) is 7.77. The summed E-state index contributed by atoms with van der Waals surface area (Å²) in [7, 11) is 11.0. The molecule has 1 aromatic heterocycles. The van der Waals surface area contributed by atoms with Crippen LogP contribution in [0.25, 0.3) is 0 Å². The number of rotatable bonds is 4. The Bertz CT molecular complexity index is 969. The van der Waals surface area contributed by atoms with Crippen LogP contribution < -0.4 is 20.5 Å². The molecule has 1 saturated heterocycles. The summed E-state index contributed by atoms with van der Waals surface area (Å²) in [4.78, 5) is 24.8. The Labute approximate surface area is 177 Å². The van der Waals surface area contributed by atoms with E-state index in [0.29, 0.717) is 30.1 Å². The Balaban J connectivity index is 0.000000171. The average molecular weight is 430 g/mol. The monoisotopic (exact) mass is 430 g/mol. The number of nitrogens with zero attached hydrogens (tertiary/aromatic N) is 1. The van der Waals surface area contributed by atoms with Crippen LogP contribution in [0.15, 0.2) is 34.0 Å². The van der Waals surface area contributed by atoms with Gasteiger partial charge in [-0.05, 0) is 25.8 Å². The summed E-state index contributed by atoms with van der Waals surface area (Å²) >= 11 is 0. The van der Waals surface area contributed by atoms with Gasteiger partial charge in [-0.2, -0.15) is 0 Å². The van der Waals surface area contributed by atoms with Crippen LogP contribution in [-0.4, -0.2) is 44.9 Å². The van der Waals surface area contributed by atoms with Crippen LogP contribution in [0.3, 0.4) is 0 Å². The first-order chi connectivity index (χ1) is 14.4. The molecular weight excluding hydrogens is 409 g/mol. The Morgan fingerprint density at radius 3 is 2.80 bits per heavy atom. The maximum absolute atomic E-state index is 11.5. The highest BCUT2D eigenvalue weighted by atomic mass is 31.2. The van der Waals surface area contributed by atoms with Gasteiger partial charge in [-0.15, -0.1) is 0 Å². The van der Waals surface area contributed by atoms with Crippen LogP contribution in [0.4, 0.5) is 0 Å². The van der Waals surface area contributed by atoms with E-state index in [1.54, 1.807) is 14.0 Å². The smallest absolute Gasteiger partial charge is 0.396 e. The minimum atomic E-state index is -1.39. The third-order valence-corrected chi connectivity index (χ3v) is 5.47. The second-order valence-corrected chi connectivity index (χ2v) is 7.66. The first-order valence-corrected chi connectivity index (χ1v) is 10.4. The molecule has 12 heteroatoms. The molecule has 4 radical (unpaired) electrons. The van der Waals surface area contributed by atoms with Crippen molar-refractivity contribution in [3.8, 4) is 11.5 Å². The van der Waals surface area contributed by atoms with E-state index in [0.717, 1.165) is 12.0 Å². The number of benzene rings is 1. The van der Waals surface area contributed by atoms with Crippen LogP contribution in [-0.2, 0) is 20.4 Å². The number of hydrogen-bond donors (Lipinski definition) is 1. The van der Waals surface area contributed by atoms with Crippen LogP contribution in [0.2, 0.25) is 0 Å². The van der Waals surface area contributed by atoms with Gasteiger partial charge < -0.3 is 18.5 Å². The van der Waals surface area contributed by atoms with Crippen molar-refractivity contribution in [2.24, 2.45) is 0 Å². The molecule has 30 heavy (non-hydrogen) atoms. The van der Waals surface area contributed by atoms with Gasteiger partial charge in [0.2, 0.25) is 0 Å². The van der Waals surface area contributed by atoms with Crippen molar-refractivity contribution in [1.82, 2.24) is 9.55 Å². The van der Waals surface area contributed by atoms with Crippen molar-refractivity contribution in [2.75, 3.05) is 13.6 Å². The molecule has 2 aromatic rings. The highest BCUT2D eigenvalue weighted by Gasteiger charge is 2.25. The first kappa shape index (κ1) is 22.6. The van der Waals surface area contributed by atoms with Gasteiger partial charge in [0, 0.05) is 29.8 Å². The second-order valence-electron chi connectivity index (χ2n) is 6.52. The predicted octanol–water partition coefficient (Wildman–Crippen LogP) is 1.62. The fourth-order valence-electron chi connectivity index (χ4n) is 2.94. The summed E-state index contributed by atoms with van der Waals surface area (Å²) in [5, 5.41) is 0. The van der Waals surface area contributed by atoms with Gasteiger partial charge in [0.25, 0.3) is 5.56 Å². The maximum atomic E-state index is 11.5. The molecule has 1 aromatic carbocycles. The number of fused-ring (bicyclic) bond motifs is 1. The summed E-state index contributed by atoms with van der Waals surface area (Å²) in [6, 6.07) is 5.32. The van der Waals surface area contributed by atoms with E-state index in [2.05, 4.69) is 4.98 Å². The molecule has 1 fully saturated rings. The van der Waals surface area contributed by atoms with Gasteiger partial charge in [-0.25, -0.2) is 4.79 Å². The highest BCUT2D eigenvalue weighted by molar-refractivity contribution is 7.42. The Hall–Kier alpha value is -2.06. The molecule has 0 spiro atoms. The van der Waals surface area contributed by atoms with E-state index in [4.69, 9.17) is 38.7 Å². The lowest BCUT2D eigenvalue weighted by Gasteiger charge is -2.24. The van der Waals surface area contributed by atoms with Gasteiger partial charge in [-0.1, -0.05) is 12.1 Å². The molecular formula is C18H21B2N2O7P. The molecule has 0 amide bonds. The molecule has 1 N–H and O–H groups in total. The predicted molar refractivity (Wildman–Crippen MR) is 112 cm³/mol. The highest BCUT2D eigenvalue weighted by Crippen LogP contribution is 2.50. The number of hydrogen-bond acceptors (Lipinski definition) is 7. The molecule has 2 unspecified atom stereocenters. The van der Waals surface area contributed by atoms with Crippen molar-refractivity contribution >= 4 is 24.3 Å². The van der Waals surface area contributed by atoms with Crippen molar-refractivity contribution in [1.29, 1.82) is 0 Å². The normalized spacial score (nSPS) is 22.4. The number of ether oxygens (including phenoxy) is 2. The average Bonchev–Trinajstić information content (AvgIpc) is 3.17. The largest absolute Gasteiger partial charge is 0.493 e. The first-order valence-electron chi connectivity index (χ1n) is 9.26. The third-order valence-electron chi connectivity index (χ3n) is 4.44. The van der Waals surface area contributed by atoms with E-state index in [1.807, 2.05) is 18.2 Å². The summed E-state index contributed by atoms with van der Waals surface area (Å²) in [6.07, 6.45) is 2.55. The van der Waals surface area contributed by atoms with Crippen LogP contribution >= 0.6 is 8.60 Å². The lowest BCUT2D eigenvalue weighted by atomic mass is 9.98. The molecule has 3 atom stereocenters. The van der Waals surface area contributed by atoms with E-state index >= 15 is 0 Å². The molecule has 4 rings (SSSR count). The zero-order valence-corrected chi connectivity index (χ0v) is 17.6. The fourth-order valence-corrected chi connectivity index (χ4v) is 3.84. The van der Waals surface area contributed by atoms with Crippen molar-refractivity contribution in [3.05, 3.63) is 56.4 Å². The van der Waals surface area contributed by atoms with Crippen LogP contribution in [0.1, 0.15) is 30.2 Å². The number of para-hydroxylation sites is 1. The lowest BCUT2D eigenvalue weighted by Crippen LogP contribution is -2.33. The van der Waals surface area contributed by atoms with Gasteiger partial charge in [-0.3, -0.25) is 18.9 Å². The number of nitrogens with one attached hydrogen (secondary N) is 1. The standard InChI is InChI=1S/C9H11BN2O3.C9H10BO4P/c1-5-4-12(9(14)11-8(5)13)7-3-2-6(10)15-7;1-11-8-4-2-3-7-5-12-15(13-6-10)14-9(7)8/h4,6-7H,2-3H2,1H3,(H,11,13,14);2-4H,5-6H2,1H3/t6-,7?;/m0./s1. The molecule has 9 nitrogen and oxygen atoms in total. The molecule has 0 aliphatic carbocycles. The number of H-pyrrole nitrogens is 1. The van der Waals surface area contributed by atoms with Crippen molar-refractivity contribution in [2.45, 2.75) is 38.6 Å². The lowest BCUT2D eigenvalue weighted by molar-refractivity contribution is 0.0339. The summed E-state index contributed by atoms with van der Waals surface area (Å²) in [6.45, 7) is 2.18. The quantitative estimate of drug-likeness (QED) is 0.582.